The number of aromatic nitrogens is 1. The van der Waals surface area contributed by atoms with Crippen molar-refractivity contribution >= 4 is 0 Å². The molecular formula is C12H15F3N2O2. The lowest BCUT2D eigenvalue weighted by Gasteiger charge is -2.40. The molecule has 1 aromatic heterocycles. The van der Waals surface area contributed by atoms with Crippen molar-refractivity contribution in [3.8, 4) is 0 Å². The molecule has 7 heteroatoms. The number of rotatable bonds is 2. The molecule has 1 saturated heterocycles. The summed E-state index contributed by atoms with van der Waals surface area (Å²) < 4.78 is 42.6. The summed E-state index contributed by atoms with van der Waals surface area (Å²) in [6.07, 6.45) is -4.03. The minimum atomic E-state index is -4.41. The van der Waals surface area contributed by atoms with E-state index in [1.807, 2.05) is 0 Å². The average molecular weight is 276 g/mol. The van der Waals surface area contributed by atoms with Crippen molar-refractivity contribution in [3.05, 3.63) is 29.6 Å². The number of halogens is 3. The fourth-order valence-electron chi connectivity index (χ4n) is 2.28. The van der Waals surface area contributed by atoms with Gasteiger partial charge >= 0.3 is 6.18 Å². The molecule has 19 heavy (non-hydrogen) atoms. The number of ether oxygens (including phenoxy) is 1. The van der Waals surface area contributed by atoms with Crippen LogP contribution in [0.3, 0.4) is 0 Å². The molecule has 0 bridgehead atoms. The van der Waals surface area contributed by atoms with Crippen LogP contribution in [0.1, 0.15) is 17.7 Å². The smallest absolute Gasteiger partial charge is 0.388 e. The molecule has 0 radical (unpaired) electrons. The standard InChI is InChI=1S/C12H15F3N2O2/c1-16-11(4-5-19-7-10(11)18)9-3-2-8(6-17-9)12(13,14)15/h2-3,6,10,16,18H,4-5,7H2,1H3. The Morgan fingerprint density at radius 2 is 2.21 bits per heavy atom. The van der Waals surface area contributed by atoms with Gasteiger partial charge in [0.05, 0.1) is 23.4 Å². The first-order valence-electron chi connectivity index (χ1n) is 5.88. The summed E-state index contributed by atoms with van der Waals surface area (Å²) in [5, 5.41) is 13.0. The van der Waals surface area contributed by atoms with Gasteiger partial charge in [0.25, 0.3) is 0 Å². The molecule has 2 rings (SSSR count). The number of alkyl halides is 3. The van der Waals surface area contributed by atoms with Crippen LogP contribution in [-0.2, 0) is 16.5 Å². The van der Waals surface area contributed by atoms with Crippen molar-refractivity contribution in [2.24, 2.45) is 0 Å². The minimum Gasteiger partial charge on any atom is -0.388 e. The Bertz CT molecular complexity index is 436. The first-order chi connectivity index (χ1) is 8.90. The van der Waals surface area contributed by atoms with Gasteiger partial charge in [-0.15, -0.1) is 0 Å². The average Bonchev–Trinajstić information content (AvgIpc) is 2.39. The molecule has 106 valence electrons. The number of nitrogens with zero attached hydrogens (tertiary/aromatic N) is 1. The number of aliphatic hydroxyl groups is 1. The molecule has 2 heterocycles. The van der Waals surface area contributed by atoms with Gasteiger partial charge in [-0.1, -0.05) is 0 Å². The monoisotopic (exact) mass is 276 g/mol. The summed E-state index contributed by atoms with van der Waals surface area (Å²) in [5.74, 6) is 0. The number of nitrogens with one attached hydrogen (secondary N) is 1. The number of hydrogen-bond donors (Lipinski definition) is 2. The van der Waals surface area contributed by atoms with Crippen LogP contribution in [0.25, 0.3) is 0 Å². The highest BCUT2D eigenvalue weighted by molar-refractivity contribution is 5.24. The van der Waals surface area contributed by atoms with Crippen molar-refractivity contribution in [1.29, 1.82) is 0 Å². The Balaban J connectivity index is 2.34. The molecule has 0 spiro atoms. The summed E-state index contributed by atoms with van der Waals surface area (Å²) >= 11 is 0. The second-order valence-corrected chi connectivity index (χ2v) is 4.49. The molecule has 1 aliphatic heterocycles. The third kappa shape index (κ3) is 2.58. The van der Waals surface area contributed by atoms with Gasteiger partial charge in [-0.2, -0.15) is 13.2 Å². The van der Waals surface area contributed by atoms with E-state index in [1.54, 1.807) is 7.05 Å². The second kappa shape index (κ2) is 5.07. The van der Waals surface area contributed by atoms with Crippen molar-refractivity contribution in [2.75, 3.05) is 20.3 Å². The van der Waals surface area contributed by atoms with Crippen LogP contribution in [0.4, 0.5) is 13.2 Å². The Morgan fingerprint density at radius 3 is 2.68 bits per heavy atom. The van der Waals surface area contributed by atoms with Crippen LogP contribution in [0.15, 0.2) is 18.3 Å². The zero-order chi connectivity index (χ0) is 14.1. The van der Waals surface area contributed by atoms with Crippen molar-refractivity contribution in [3.63, 3.8) is 0 Å². The first-order valence-corrected chi connectivity index (χ1v) is 5.88. The van der Waals surface area contributed by atoms with E-state index in [-0.39, 0.29) is 6.61 Å². The van der Waals surface area contributed by atoms with E-state index in [4.69, 9.17) is 4.74 Å². The molecule has 0 saturated carbocycles. The topological polar surface area (TPSA) is 54.4 Å². The molecule has 1 aromatic rings. The second-order valence-electron chi connectivity index (χ2n) is 4.49. The molecule has 0 amide bonds. The number of aliphatic hydroxyl groups excluding tert-OH is 1. The highest BCUT2D eigenvalue weighted by atomic mass is 19.4. The third-order valence-corrected chi connectivity index (χ3v) is 3.48. The molecule has 2 unspecified atom stereocenters. The van der Waals surface area contributed by atoms with E-state index >= 15 is 0 Å². The van der Waals surface area contributed by atoms with Gasteiger partial charge < -0.3 is 15.2 Å². The Hall–Kier alpha value is -1.18. The van der Waals surface area contributed by atoms with Crippen molar-refractivity contribution < 1.29 is 23.0 Å². The van der Waals surface area contributed by atoms with Gasteiger partial charge in [-0.05, 0) is 25.6 Å². The van der Waals surface area contributed by atoms with Gasteiger partial charge in [0.15, 0.2) is 0 Å². The van der Waals surface area contributed by atoms with Gasteiger partial charge in [-0.3, -0.25) is 4.98 Å². The van der Waals surface area contributed by atoms with Gasteiger partial charge in [0.2, 0.25) is 0 Å². The van der Waals surface area contributed by atoms with Crippen LogP contribution in [-0.4, -0.2) is 36.5 Å². The highest BCUT2D eigenvalue weighted by Crippen LogP contribution is 2.33. The summed E-state index contributed by atoms with van der Waals surface area (Å²) in [6, 6.07) is 2.28. The predicted molar refractivity (Wildman–Crippen MR) is 61.4 cm³/mol. The van der Waals surface area contributed by atoms with E-state index < -0.39 is 23.4 Å². The number of hydrogen-bond acceptors (Lipinski definition) is 4. The lowest BCUT2D eigenvalue weighted by Crippen LogP contribution is -2.55. The highest BCUT2D eigenvalue weighted by Gasteiger charge is 2.42. The van der Waals surface area contributed by atoms with E-state index in [1.165, 1.54) is 6.07 Å². The third-order valence-electron chi connectivity index (χ3n) is 3.48. The van der Waals surface area contributed by atoms with Gasteiger partial charge in [-0.25, -0.2) is 0 Å². The van der Waals surface area contributed by atoms with Crippen LogP contribution in [0, 0.1) is 0 Å². The molecule has 2 N–H and O–H groups in total. The maximum atomic E-state index is 12.5. The predicted octanol–water partition coefficient (Wildman–Crippen LogP) is 1.30. The molecule has 1 fully saturated rings. The minimum absolute atomic E-state index is 0.129. The normalized spacial score (nSPS) is 28.4. The molecule has 4 nitrogen and oxygen atoms in total. The van der Waals surface area contributed by atoms with Gasteiger partial charge in [0, 0.05) is 12.8 Å². The van der Waals surface area contributed by atoms with E-state index in [0.717, 1.165) is 12.3 Å². The zero-order valence-corrected chi connectivity index (χ0v) is 10.4. The molecule has 0 aliphatic carbocycles. The quantitative estimate of drug-likeness (QED) is 0.855. The first kappa shape index (κ1) is 14.2. The van der Waals surface area contributed by atoms with Crippen molar-refractivity contribution in [2.45, 2.75) is 24.2 Å². The maximum Gasteiger partial charge on any atom is 0.417 e. The molecule has 1 aliphatic rings. The summed E-state index contributed by atoms with van der Waals surface area (Å²) in [6.45, 7) is 0.546. The SMILES string of the molecule is CNC1(c2ccc(C(F)(F)F)cn2)CCOCC1O. The van der Waals surface area contributed by atoms with E-state index in [2.05, 4.69) is 10.3 Å². The van der Waals surface area contributed by atoms with E-state index in [0.29, 0.717) is 18.7 Å². The Morgan fingerprint density at radius 1 is 1.47 bits per heavy atom. The van der Waals surface area contributed by atoms with Crippen LogP contribution in [0.5, 0.6) is 0 Å². The zero-order valence-electron chi connectivity index (χ0n) is 10.4. The maximum absolute atomic E-state index is 12.5. The largest absolute Gasteiger partial charge is 0.417 e. The summed E-state index contributed by atoms with van der Waals surface area (Å²) in [4.78, 5) is 3.86. The van der Waals surface area contributed by atoms with Crippen molar-refractivity contribution in [1.82, 2.24) is 10.3 Å². The lowest BCUT2D eigenvalue weighted by molar-refractivity contribution is -0.137. The summed E-state index contributed by atoms with van der Waals surface area (Å²) in [7, 11) is 1.65. The van der Waals surface area contributed by atoms with Gasteiger partial charge in [0.1, 0.15) is 6.10 Å². The van der Waals surface area contributed by atoms with Crippen LogP contribution >= 0.6 is 0 Å². The Kier molecular flexibility index (Phi) is 3.80. The number of likely N-dealkylation sites (N-methyl/N-ethyl adjacent to an activating group) is 1. The fraction of sp³-hybridized carbons (Fsp3) is 0.583. The molecular weight excluding hydrogens is 261 g/mol. The van der Waals surface area contributed by atoms with Crippen LogP contribution < -0.4 is 5.32 Å². The lowest BCUT2D eigenvalue weighted by atomic mass is 9.83. The van der Waals surface area contributed by atoms with E-state index in [9.17, 15) is 18.3 Å². The Labute approximate surface area is 108 Å². The van der Waals surface area contributed by atoms with Crippen LogP contribution in [0.2, 0.25) is 0 Å². The molecule has 2 atom stereocenters. The fourth-order valence-corrected chi connectivity index (χ4v) is 2.28. The summed E-state index contributed by atoms with van der Waals surface area (Å²) in [5.41, 5.74) is -1.27. The molecule has 0 aromatic carbocycles. The number of pyridine rings is 1.